The van der Waals surface area contributed by atoms with Gasteiger partial charge in [-0.3, -0.25) is 24.6 Å². The molecular formula is C25H37N5O4. The number of nitrogens with one attached hydrogen (secondary N) is 1. The molecule has 2 amide bonds. The van der Waals surface area contributed by atoms with Gasteiger partial charge < -0.3 is 15.1 Å². The van der Waals surface area contributed by atoms with Gasteiger partial charge in [-0.25, -0.2) is 0 Å². The Balaban J connectivity index is 1.31. The van der Waals surface area contributed by atoms with Crippen molar-refractivity contribution in [2.45, 2.75) is 51.0 Å². The number of amides is 2. The van der Waals surface area contributed by atoms with E-state index in [0.717, 1.165) is 32.5 Å². The number of carbonyl (C=O) groups excluding carboxylic acids is 2. The van der Waals surface area contributed by atoms with E-state index in [1.165, 1.54) is 56.4 Å². The number of nitro benzene ring substituents is 1. The Morgan fingerprint density at radius 2 is 1.59 bits per heavy atom. The molecule has 0 spiro atoms. The second kappa shape index (κ2) is 11.8. The number of non-ortho nitro benzene ring substituents is 1. The summed E-state index contributed by atoms with van der Waals surface area (Å²) in [6.45, 7) is 6.32. The van der Waals surface area contributed by atoms with Crippen LogP contribution in [0.1, 0.15) is 55.3 Å². The van der Waals surface area contributed by atoms with Gasteiger partial charge in [0.05, 0.1) is 11.0 Å². The first-order valence-corrected chi connectivity index (χ1v) is 12.8. The molecule has 0 radical (unpaired) electrons. The van der Waals surface area contributed by atoms with E-state index in [9.17, 15) is 19.7 Å². The lowest BCUT2D eigenvalue weighted by atomic mass is 9.95. The quantitative estimate of drug-likeness (QED) is 0.462. The molecule has 186 valence electrons. The van der Waals surface area contributed by atoms with Crippen LogP contribution in [0.5, 0.6) is 0 Å². The molecule has 1 aliphatic carbocycles. The van der Waals surface area contributed by atoms with Crippen molar-refractivity contribution in [2.75, 3.05) is 52.4 Å². The van der Waals surface area contributed by atoms with Crippen molar-refractivity contribution >= 4 is 17.5 Å². The molecule has 2 aliphatic heterocycles. The van der Waals surface area contributed by atoms with E-state index >= 15 is 0 Å². The second-order valence-electron chi connectivity index (χ2n) is 9.81. The zero-order chi connectivity index (χ0) is 23.9. The lowest BCUT2D eigenvalue weighted by Crippen LogP contribution is -2.58. The molecule has 34 heavy (non-hydrogen) atoms. The molecule has 2 heterocycles. The molecule has 1 aromatic rings. The van der Waals surface area contributed by atoms with Crippen LogP contribution in [0.4, 0.5) is 5.69 Å². The van der Waals surface area contributed by atoms with E-state index in [1.807, 2.05) is 0 Å². The Morgan fingerprint density at radius 1 is 0.941 bits per heavy atom. The fourth-order valence-corrected chi connectivity index (χ4v) is 5.69. The summed E-state index contributed by atoms with van der Waals surface area (Å²) in [4.78, 5) is 43.1. The minimum Gasteiger partial charge on any atom is -0.353 e. The van der Waals surface area contributed by atoms with Gasteiger partial charge >= 0.3 is 0 Å². The predicted molar refractivity (Wildman–Crippen MR) is 130 cm³/mol. The number of hydrogen-bond acceptors (Lipinski definition) is 6. The van der Waals surface area contributed by atoms with Gasteiger partial charge in [-0.1, -0.05) is 19.3 Å². The zero-order valence-electron chi connectivity index (χ0n) is 20.0. The highest BCUT2D eigenvalue weighted by Gasteiger charge is 2.37. The molecule has 1 atom stereocenters. The average molecular weight is 472 g/mol. The summed E-state index contributed by atoms with van der Waals surface area (Å²) in [6.07, 6.45) is 8.36. The topological polar surface area (TPSA) is 99.0 Å². The molecule has 3 aliphatic rings. The van der Waals surface area contributed by atoms with Crippen LogP contribution in [0.15, 0.2) is 24.3 Å². The Bertz CT molecular complexity index is 841. The van der Waals surface area contributed by atoms with E-state index in [2.05, 4.69) is 15.1 Å². The smallest absolute Gasteiger partial charge is 0.269 e. The average Bonchev–Trinajstić information content (AvgIpc) is 3.39. The first kappa shape index (κ1) is 24.6. The Labute approximate surface area is 201 Å². The van der Waals surface area contributed by atoms with Gasteiger partial charge in [0.25, 0.3) is 11.6 Å². The molecule has 2 saturated heterocycles. The number of rotatable bonds is 8. The van der Waals surface area contributed by atoms with Crippen LogP contribution in [-0.2, 0) is 4.79 Å². The largest absolute Gasteiger partial charge is 0.353 e. The third-order valence-corrected chi connectivity index (χ3v) is 7.61. The van der Waals surface area contributed by atoms with Gasteiger partial charge in [-0.05, 0) is 56.8 Å². The molecule has 1 saturated carbocycles. The molecule has 9 nitrogen and oxygen atoms in total. The van der Waals surface area contributed by atoms with Crippen LogP contribution < -0.4 is 5.32 Å². The van der Waals surface area contributed by atoms with Gasteiger partial charge in [0.1, 0.15) is 0 Å². The summed E-state index contributed by atoms with van der Waals surface area (Å²) in [5.41, 5.74) is 0.439. The van der Waals surface area contributed by atoms with Crippen LogP contribution in [0, 0.1) is 16.0 Å². The lowest BCUT2D eigenvalue weighted by molar-refractivity contribution is -0.384. The highest BCUT2D eigenvalue weighted by Crippen LogP contribution is 2.31. The van der Waals surface area contributed by atoms with Crippen molar-refractivity contribution in [1.82, 2.24) is 20.0 Å². The summed E-state index contributed by atoms with van der Waals surface area (Å²) in [6, 6.07) is 5.65. The Kier molecular flexibility index (Phi) is 8.50. The standard InChI is InChI=1S/C25H37N5O4/c31-24(26-12-15-27-13-4-1-5-14-27)23(20-6-2-3-7-20)28-16-18-29(19-17-28)25(32)21-8-10-22(11-9-21)30(33)34/h8-11,20,23H,1-7,12-19H2,(H,26,31)/t23-/m1/s1. The van der Waals surface area contributed by atoms with Crippen molar-refractivity contribution < 1.29 is 14.5 Å². The van der Waals surface area contributed by atoms with Crippen molar-refractivity contribution in [3.63, 3.8) is 0 Å². The van der Waals surface area contributed by atoms with E-state index in [4.69, 9.17) is 0 Å². The predicted octanol–water partition coefficient (Wildman–Crippen LogP) is 2.51. The summed E-state index contributed by atoms with van der Waals surface area (Å²) in [5, 5.41) is 14.1. The minimum absolute atomic E-state index is 0.0212. The van der Waals surface area contributed by atoms with Crippen LogP contribution in [0.25, 0.3) is 0 Å². The Morgan fingerprint density at radius 3 is 2.21 bits per heavy atom. The third kappa shape index (κ3) is 6.13. The first-order valence-electron chi connectivity index (χ1n) is 12.8. The summed E-state index contributed by atoms with van der Waals surface area (Å²) < 4.78 is 0. The first-order chi connectivity index (χ1) is 16.5. The molecule has 1 aromatic carbocycles. The fraction of sp³-hybridized carbons (Fsp3) is 0.680. The SMILES string of the molecule is O=C(NCCN1CCCCC1)[C@@H](C1CCCC1)N1CCN(C(=O)c2ccc([N+](=O)[O-])cc2)CC1. The van der Waals surface area contributed by atoms with Crippen LogP contribution >= 0.6 is 0 Å². The van der Waals surface area contributed by atoms with Crippen molar-refractivity contribution in [3.8, 4) is 0 Å². The van der Waals surface area contributed by atoms with E-state index in [1.54, 1.807) is 4.90 Å². The van der Waals surface area contributed by atoms with Gasteiger partial charge in [-0.15, -0.1) is 0 Å². The van der Waals surface area contributed by atoms with Gasteiger partial charge in [0.2, 0.25) is 5.91 Å². The van der Waals surface area contributed by atoms with E-state index < -0.39 is 4.92 Å². The molecule has 0 bridgehead atoms. The number of piperazine rings is 1. The number of piperidine rings is 1. The van der Waals surface area contributed by atoms with Crippen molar-refractivity contribution in [2.24, 2.45) is 5.92 Å². The maximum Gasteiger partial charge on any atom is 0.269 e. The van der Waals surface area contributed by atoms with Crippen molar-refractivity contribution in [1.29, 1.82) is 0 Å². The van der Waals surface area contributed by atoms with E-state index in [-0.39, 0.29) is 23.5 Å². The normalized spacial score (nSPS) is 21.4. The highest BCUT2D eigenvalue weighted by molar-refractivity contribution is 5.94. The third-order valence-electron chi connectivity index (χ3n) is 7.61. The van der Waals surface area contributed by atoms with Crippen LogP contribution in [0.3, 0.4) is 0 Å². The number of nitrogens with zero attached hydrogens (tertiary/aromatic N) is 4. The molecule has 4 rings (SSSR count). The van der Waals surface area contributed by atoms with Gasteiger partial charge in [0.15, 0.2) is 0 Å². The van der Waals surface area contributed by atoms with Crippen LogP contribution in [0.2, 0.25) is 0 Å². The lowest BCUT2D eigenvalue weighted by Gasteiger charge is -2.41. The molecular weight excluding hydrogens is 434 g/mol. The number of benzene rings is 1. The molecule has 0 unspecified atom stereocenters. The van der Waals surface area contributed by atoms with Crippen LogP contribution in [-0.4, -0.2) is 89.8 Å². The molecule has 9 heteroatoms. The summed E-state index contributed by atoms with van der Waals surface area (Å²) in [7, 11) is 0. The minimum atomic E-state index is -0.465. The number of likely N-dealkylation sites (tertiary alicyclic amines) is 1. The van der Waals surface area contributed by atoms with Gasteiger partial charge in [-0.2, -0.15) is 0 Å². The number of carbonyl (C=O) groups is 2. The second-order valence-corrected chi connectivity index (χ2v) is 9.81. The fourth-order valence-electron chi connectivity index (χ4n) is 5.69. The van der Waals surface area contributed by atoms with Gasteiger partial charge in [0, 0.05) is 57.0 Å². The Hall–Kier alpha value is -2.52. The number of nitro groups is 1. The maximum atomic E-state index is 13.3. The van der Waals surface area contributed by atoms with E-state index in [0.29, 0.717) is 44.2 Å². The molecule has 3 fully saturated rings. The highest BCUT2D eigenvalue weighted by atomic mass is 16.6. The molecule has 1 N–H and O–H groups in total. The zero-order valence-corrected chi connectivity index (χ0v) is 20.0. The monoisotopic (exact) mass is 471 g/mol. The number of hydrogen-bond donors (Lipinski definition) is 1. The maximum absolute atomic E-state index is 13.3. The van der Waals surface area contributed by atoms with Crippen molar-refractivity contribution in [3.05, 3.63) is 39.9 Å². The summed E-state index contributed by atoms with van der Waals surface area (Å²) >= 11 is 0. The molecule has 0 aromatic heterocycles. The summed E-state index contributed by atoms with van der Waals surface area (Å²) in [5.74, 6) is 0.406.